The molecule has 0 spiro atoms. The van der Waals surface area contributed by atoms with Gasteiger partial charge in [-0.05, 0) is 51.6 Å². The summed E-state index contributed by atoms with van der Waals surface area (Å²) in [6.07, 6.45) is 9.76. The summed E-state index contributed by atoms with van der Waals surface area (Å²) in [7, 11) is 1.94. The van der Waals surface area contributed by atoms with Gasteiger partial charge in [0, 0.05) is 12.5 Å². The van der Waals surface area contributed by atoms with E-state index in [0.29, 0.717) is 5.91 Å². The summed E-state index contributed by atoms with van der Waals surface area (Å²) in [4.78, 5) is 12.0. The predicted octanol–water partition coefficient (Wildman–Crippen LogP) is 3.13. The van der Waals surface area contributed by atoms with Gasteiger partial charge in [-0.15, -0.1) is 12.4 Å². The van der Waals surface area contributed by atoms with E-state index in [4.69, 9.17) is 0 Å². The standard InChI is InChI=1S/C15H30N2O.ClH/c1-3-4-6-13-7-9-14(10-8-13)15(18)17-12-5-11-16-2;/h13-14,16H,3-12H2,1-2H3,(H,17,18);1H. The highest BCUT2D eigenvalue weighted by Crippen LogP contribution is 2.31. The molecule has 114 valence electrons. The zero-order chi connectivity index (χ0) is 13.2. The van der Waals surface area contributed by atoms with Gasteiger partial charge in [0.15, 0.2) is 0 Å². The van der Waals surface area contributed by atoms with Crippen molar-refractivity contribution in [2.24, 2.45) is 11.8 Å². The van der Waals surface area contributed by atoms with Crippen molar-refractivity contribution in [1.29, 1.82) is 0 Å². The molecular weight excluding hydrogens is 260 g/mol. The number of hydrogen-bond donors (Lipinski definition) is 2. The zero-order valence-electron chi connectivity index (χ0n) is 12.5. The van der Waals surface area contributed by atoms with Gasteiger partial charge < -0.3 is 10.6 Å². The second-order valence-corrected chi connectivity index (χ2v) is 5.61. The third-order valence-electron chi connectivity index (χ3n) is 4.09. The summed E-state index contributed by atoms with van der Waals surface area (Å²) in [6, 6.07) is 0. The Morgan fingerprint density at radius 3 is 2.37 bits per heavy atom. The Morgan fingerprint density at radius 1 is 1.11 bits per heavy atom. The van der Waals surface area contributed by atoms with E-state index in [9.17, 15) is 4.79 Å². The van der Waals surface area contributed by atoms with Crippen molar-refractivity contribution in [3.8, 4) is 0 Å². The minimum absolute atomic E-state index is 0. The highest BCUT2D eigenvalue weighted by molar-refractivity contribution is 5.85. The maximum atomic E-state index is 12.0. The summed E-state index contributed by atoms with van der Waals surface area (Å²) in [5.74, 6) is 1.47. The van der Waals surface area contributed by atoms with Crippen LogP contribution in [0.3, 0.4) is 0 Å². The van der Waals surface area contributed by atoms with Gasteiger partial charge in [-0.2, -0.15) is 0 Å². The van der Waals surface area contributed by atoms with Crippen LogP contribution < -0.4 is 10.6 Å². The van der Waals surface area contributed by atoms with Crippen LogP contribution in [-0.2, 0) is 4.79 Å². The SMILES string of the molecule is CCCCC1CCC(C(=O)NCCCNC)CC1.Cl. The van der Waals surface area contributed by atoms with Gasteiger partial charge in [-0.25, -0.2) is 0 Å². The van der Waals surface area contributed by atoms with Crippen molar-refractivity contribution in [2.45, 2.75) is 58.3 Å². The molecule has 1 fully saturated rings. The second kappa shape index (κ2) is 11.5. The number of carbonyl (C=O) groups excluding carboxylic acids is 1. The summed E-state index contributed by atoms with van der Waals surface area (Å²) in [5.41, 5.74) is 0. The van der Waals surface area contributed by atoms with Crippen molar-refractivity contribution >= 4 is 18.3 Å². The summed E-state index contributed by atoms with van der Waals surface area (Å²) >= 11 is 0. The fourth-order valence-electron chi connectivity index (χ4n) is 2.83. The molecule has 1 aliphatic rings. The van der Waals surface area contributed by atoms with Crippen LogP contribution in [-0.4, -0.2) is 26.0 Å². The lowest BCUT2D eigenvalue weighted by Gasteiger charge is -2.27. The fourth-order valence-corrected chi connectivity index (χ4v) is 2.83. The van der Waals surface area contributed by atoms with Crippen LogP contribution in [0.5, 0.6) is 0 Å². The smallest absolute Gasteiger partial charge is 0.223 e. The molecule has 19 heavy (non-hydrogen) atoms. The van der Waals surface area contributed by atoms with E-state index in [1.54, 1.807) is 0 Å². The Labute approximate surface area is 124 Å². The molecule has 0 bridgehead atoms. The first-order chi connectivity index (χ1) is 8.77. The molecule has 0 unspecified atom stereocenters. The number of amides is 1. The molecule has 0 atom stereocenters. The first-order valence-electron chi connectivity index (χ1n) is 7.70. The Hall–Kier alpha value is -0.280. The number of nitrogens with one attached hydrogen (secondary N) is 2. The summed E-state index contributed by atoms with van der Waals surface area (Å²) in [6.45, 7) is 4.05. The Bertz CT molecular complexity index is 228. The molecule has 4 heteroatoms. The summed E-state index contributed by atoms with van der Waals surface area (Å²) < 4.78 is 0. The van der Waals surface area contributed by atoms with Crippen molar-refractivity contribution in [2.75, 3.05) is 20.1 Å². The van der Waals surface area contributed by atoms with Crippen LogP contribution in [0, 0.1) is 11.8 Å². The van der Waals surface area contributed by atoms with Crippen molar-refractivity contribution in [3.05, 3.63) is 0 Å². The summed E-state index contributed by atoms with van der Waals surface area (Å²) in [5, 5.41) is 6.16. The fraction of sp³-hybridized carbons (Fsp3) is 0.933. The lowest BCUT2D eigenvalue weighted by atomic mass is 9.79. The third-order valence-corrected chi connectivity index (χ3v) is 4.09. The molecule has 0 saturated heterocycles. The van der Waals surface area contributed by atoms with Crippen LogP contribution in [0.2, 0.25) is 0 Å². The van der Waals surface area contributed by atoms with Gasteiger partial charge in [0.25, 0.3) is 0 Å². The van der Waals surface area contributed by atoms with Crippen LogP contribution in [0.1, 0.15) is 58.3 Å². The normalized spacial score (nSPS) is 22.6. The quantitative estimate of drug-likeness (QED) is 0.674. The first-order valence-corrected chi connectivity index (χ1v) is 7.70. The second-order valence-electron chi connectivity index (χ2n) is 5.61. The van der Waals surface area contributed by atoms with E-state index in [1.165, 1.54) is 32.1 Å². The average Bonchev–Trinajstić information content (AvgIpc) is 2.41. The lowest BCUT2D eigenvalue weighted by Crippen LogP contribution is -2.34. The van der Waals surface area contributed by atoms with Gasteiger partial charge in [0.05, 0.1) is 0 Å². The van der Waals surface area contributed by atoms with E-state index >= 15 is 0 Å². The molecule has 0 aromatic rings. The Kier molecular flexibility index (Phi) is 11.4. The highest BCUT2D eigenvalue weighted by atomic mass is 35.5. The minimum Gasteiger partial charge on any atom is -0.356 e. The molecule has 0 aromatic heterocycles. The van der Waals surface area contributed by atoms with E-state index < -0.39 is 0 Å². The van der Waals surface area contributed by atoms with Gasteiger partial charge in [-0.3, -0.25) is 4.79 Å². The number of rotatable bonds is 8. The molecule has 1 rings (SSSR count). The molecule has 2 N–H and O–H groups in total. The van der Waals surface area contributed by atoms with Gasteiger partial charge in [0.2, 0.25) is 5.91 Å². The number of hydrogen-bond acceptors (Lipinski definition) is 2. The number of halogens is 1. The molecule has 0 radical (unpaired) electrons. The van der Waals surface area contributed by atoms with Gasteiger partial charge in [0.1, 0.15) is 0 Å². The topological polar surface area (TPSA) is 41.1 Å². The Balaban J connectivity index is 0.00000324. The van der Waals surface area contributed by atoms with E-state index in [2.05, 4.69) is 17.6 Å². The van der Waals surface area contributed by atoms with E-state index in [0.717, 1.165) is 38.3 Å². The van der Waals surface area contributed by atoms with Crippen molar-refractivity contribution in [3.63, 3.8) is 0 Å². The molecule has 1 aliphatic carbocycles. The van der Waals surface area contributed by atoms with Gasteiger partial charge >= 0.3 is 0 Å². The number of unbranched alkanes of at least 4 members (excludes halogenated alkanes) is 1. The number of carbonyl (C=O) groups is 1. The van der Waals surface area contributed by atoms with Crippen molar-refractivity contribution < 1.29 is 4.79 Å². The molecule has 0 heterocycles. The molecule has 1 amide bonds. The van der Waals surface area contributed by atoms with Gasteiger partial charge in [-0.1, -0.05) is 26.2 Å². The molecular formula is C15H31ClN2O. The van der Waals surface area contributed by atoms with E-state index in [-0.39, 0.29) is 18.3 Å². The highest BCUT2D eigenvalue weighted by Gasteiger charge is 2.25. The lowest BCUT2D eigenvalue weighted by molar-refractivity contribution is -0.126. The largest absolute Gasteiger partial charge is 0.356 e. The predicted molar refractivity (Wildman–Crippen MR) is 83.8 cm³/mol. The maximum Gasteiger partial charge on any atom is 0.223 e. The molecule has 0 aliphatic heterocycles. The molecule has 0 aromatic carbocycles. The monoisotopic (exact) mass is 290 g/mol. The van der Waals surface area contributed by atoms with Crippen LogP contribution in [0.4, 0.5) is 0 Å². The minimum atomic E-state index is 0. The molecule has 3 nitrogen and oxygen atoms in total. The van der Waals surface area contributed by atoms with E-state index in [1.807, 2.05) is 7.05 Å². The van der Waals surface area contributed by atoms with Crippen LogP contribution in [0.15, 0.2) is 0 Å². The van der Waals surface area contributed by atoms with Crippen LogP contribution in [0.25, 0.3) is 0 Å². The maximum absolute atomic E-state index is 12.0. The average molecular weight is 291 g/mol. The molecule has 1 saturated carbocycles. The van der Waals surface area contributed by atoms with Crippen molar-refractivity contribution in [1.82, 2.24) is 10.6 Å². The van der Waals surface area contributed by atoms with Crippen LogP contribution >= 0.6 is 12.4 Å². The zero-order valence-corrected chi connectivity index (χ0v) is 13.4. The Morgan fingerprint density at radius 2 is 1.79 bits per heavy atom. The third kappa shape index (κ3) is 7.78. The first kappa shape index (κ1) is 18.7.